The van der Waals surface area contributed by atoms with Crippen molar-refractivity contribution in [3.8, 4) is 11.1 Å². The van der Waals surface area contributed by atoms with Gasteiger partial charge in [0, 0.05) is 0 Å². The van der Waals surface area contributed by atoms with Crippen molar-refractivity contribution < 1.29 is 0 Å². The molecule has 0 aromatic heterocycles. The maximum absolute atomic E-state index is 4.19. The molecule has 0 saturated carbocycles. The van der Waals surface area contributed by atoms with Crippen molar-refractivity contribution in [3.05, 3.63) is 103 Å². The Morgan fingerprint density at radius 3 is 1.94 bits per heavy atom. The highest BCUT2D eigenvalue weighted by atomic mass is 14.2. The van der Waals surface area contributed by atoms with E-state index in [9.17, 15) is 0 Å². The largest absolute Gasteiger partial charge is 0.0984 e. The van der Waals surface area contributed by atoms with Gasteiger partial charge in [-0.2, -0.15) is 0 Å². The molecule has 0 bridgehead atoms. The van der Waals surface area contributed by atoms with E-state index in [1.807, 2.05) is 39.8 Å². The number of hydrogen-bond acceptors (Lipinski definition) is 0. The smallest absolute Gasteiger partial charge is 0.00992 e. The summed E-state index contributed by atoms with van der Waals surface area (Å²) in [5, 5.41) is 2.42. The molecule has 0 amide bonds. The monoisotopic (exact) mass is 410 g/mol. The van der Waals surface area contributed by atoms with Crippen molar-refractivity contribution in [1.82, 2.24) is 0 Å². The SMILES string of the molecule is C=Cc1c(-c2ccc(/C(=C/C)C(=C)CC)cc2)cc2ccccc2c1C=C.CC.CC. The number of allylic oxidation sites excluding steroid dienone is 3. The summed E-state index contributed by atoms with van der Waals surface area (Å²) in [5.41, 5.74) is 8.21. The molecule has 3 aromatic rings. The first kappa shape index (κ1) is 25.9. The number of hydrogen-bond donors (Lipinski definition) is 0. The van der Waals surface area contributed by atoms with Crippen LogP contribution in [0.1, 0.15) is 64.7 Å². The summed E-state index contributed by atoms with van der Waals surface area (Å²) in [6, 6.07) is 19.4. The molecule has 3 rings (SSSR count). The van der Waals surface area contributed by atoms with Gasteiger partial charge in [0.1, 0.15) is 0 Å². The molecule has 0 radical (unpaired) electrons. The highest BCUT2D eigenvalue weighted by Gasteiger charge is 2.11. The van der Waals surface area contributed by atoms with Crippen molar-refractivity contribution in [3.63, 3.8) is 0 Å². The Hall–Kier alpha value is -3.12. The summed E-state index contributed by atoms with van der Waals surface area (Å²) < 4.78 is 0. The van der Waals surface area contributed by atoms with Crippen LogP contribution in [0.3, 0.4) is 0 Å². The topological polar surface area (TPSA) is 0 Å². The Balaban J connectivity index is 0.00000113. The minimum Gasteiger partial charge on any atom is -0.0984 e. The van der Waals surface area contributed by atoms with Crippen LogP contribution in [0, 0.1) is 0 Å². The Morgan fingerprint density at radius 2 is 1.42 bits per heavy atom. The zero-order valence-corrected chi connectivity index (χ0v) is 20.3. The Bertz CT molecular complexity index is 1040. The van der Waals surface area contributed by atoms with Crippen LogP contribution in [0.5, 0.6) is 0 Å². The van der Waals surface area contributed by atoms with E-state index in [1.165, 1.54) is 33.0 Å². The third-order valence-corrected chi connectivity index (χ3v) is 5.14. The van der Waals surface area contributed by atoms with E-state index in [4.69, 9.17) is 0 Å². The molecule has 0 unspecified atom stereocenters. The molecule has 0 aliphatic heterocycles. The lowest BCUT2D eigenvalue weighted by Gasteiger charge is -2.15. The van der Waals surface area contributed by atoms with E-state index in [-0.39, 0.29) is 0 Å². The van der Waals surface area contributed by atoms with Crippen molar-refractivity contribution in [2.45, 2.75) is 48.0 Å². The van der Waals surface area contributed by atoms with Gasteiger partial charge >= 0.3 is 0 Å². The molecule has 0 atom stereocenters. The molecule has 31 heavy (non-hydrogen) atoms. The molecule has 0 nitrogen and oxygen atoms in total. The fraction of sp³-hybridized carbons (Fsp3) is 0.226. The fourth-order valence-corrected chi connectivity index (χ4v) is 3.66. The van der Waals surface area contributed by atoms with Crippen molar-refractivity contribution in [2.75, 3.05) is 0 Å². The van der Waals surface area contributed by atoms with Gasteiger partial charge in [-0.25, -0.2) is 0 Å². The minimum atomic E-state index is 0.954. The lowest BCUT2D eigenvalue weighted by Crippen LogP contribution is -1.92. The lowest BCUT2D eigenvalue weighted by atomic mass is 9.89. The molecule has 0 spiro atoms. The van der Waals surface area contributed by atoms with Gasteiger partial charge in [-0.05, 0) is 69.1 Å². The van der Waals surface area contributed by atoms with E-state index in [0.717, 1.165) is 23.1 Å². The molecule has 0 aliphatic rings. The quantitative estimate of drug-likeness (QED) is 0.354. The normalized spacial score (nSPS) is 10.3. The van der Waals surface area contributed by atoms with Crippen molar-refractivity contribution in [1.29, 1.82) is 0 Å². The highest BCUT2D eigenvalue weighted by molar-refractivity contribution is 5.99. The van der Waals surface area contributed by atoms with Gasteiger partial charge in [-0.15, -0.1) is 0 Å². The number of rotatable bonds is 6. The van der Waals surface area contributed by atoms with Crippen molar-refractivity contribution >= 4 is 28.5 Å². The van der Waals surface area contributed by atoms with Crippen molar-refractivity contribution in [2.24, 2.45) is 0 Å². The van der Waals surface area contributed by atoms with E-state index in [2.05, 4.69) is 94.3 Å². The van der Waals surface area contributed by atoms with E-state index in [0.29, 0.717) is 0 Å². The van der Waals surface area contributed by atoms with Crippen LogP contribution in [-0.2, 0) is 0 Å². The van der Waals surface area contributed by atoms with Gasteiger partial charge in [0.15, 0.2) is 0 Å². The summed E-state index contributed by atoms with van der Waals surface area (Å²) >= 11 is 0. The molecule has 0 heterocycles. The Morgan fingerprint density at radius 1 is 0.839 bits per heavy atom. The van der Waals surface area contributed by atoms with Crippen LogP contribution in [0.15, 0.2) is 86.0 Å². The Kier molecular flexibility index (Phi) is 11.1. The molecule has 0 heteroatoms. The summed E-state index contributed by atoms with van der Waals surface area (Å²) in [4.78, 5) is 0. The average molecular weight is 411 g/mol. The zero-order valence-electron chi connectivity index (χ0n) is 20.3. The lowest BCUT2D eigenvalue weighted by molar-refractivity contribution is 1.16. The van der Waals surface area contributed by atoms with Gasteiger partial charge < -0.3 is 0 Å². The Labute approximate surface area is 190 Å². The highest BCUT2D eigenvalue weighted by Crippen LogP contribution is 2.35. The van der Waals surface area contributed by atoms with Crippen LogP contribution < -0.4 is 0 Å². The molecule has 3 aromatic carbocycles. The van der Waals surface area contributed by atoms with Gasteiger partial charge in [-0.3, -0.25) is 0 Å². The van der Waals surface area contributed by atoms with Gasteiger partial charge in [-0.1, -0.05) is 121 Å². The molecule has 0 aliphatic carbocycles. The predicted octanol–water partition coefficient (Wildman–Crippen LogP) is 10.2. The van der Waals surface area contributed by atoms with Crippen LogP contribution in [0.4, 0.5) is 0 Å². The molecule has 0 N–H and O–H groups in total. The molecular weight excluding hydrogens is 372 g/mol. The molecule has 0 saturated heterocycles. The first-order valence-corrected chi connectivity index (χ1v) is 11.4. The molecular formula is C31H38. The van der Waals surface area contributed by atoms with E-state index < -0.39 is 0 Å². The summed E-state index contributed by atoms with van der Waals surface area (Å²) in [6.45, 7) is 24.5. The van der Waals surface area contributed by atoms with Gasteiger partial charge in [0.05, 0.1) is 0 Å². The van der Waals surface area contributed by atoms with Crippen LogP contribution in [0.25, 0.3) is 39.6 Å². The second-order valence-corrected chi connectivity index (χ2v) is 6.62. The minimum absolute atomic E-state index is 0.954. The predicted molar refractivity (Wildman–Crippen MR) is 145 cm³/mol. The number of fused-ring (bicyclic) bond motifs is 1. The van der Waals surface area contributed by atoms with Crippen LogP contribution in [0.2, 0.25) is 0 Å². The third-order valence-electron chi connectivity index (χ3n) is 5.14. The summed E-state index contributed by atoms with van der Waals surface area (Å²) in [7, 11) is 0. The van der Waals surface area contributed by atoms with E-state index in [1.54, 1.807) is 0 Å². The zero-order chi connectivity index (χ0) is 23.4. The van der Waals surface area contributed by atoms with Gasteiger partial charge in [0.2, 0.25) is 0 Å². The number of benzene rings is 3. The standard InChI is InChI=1S/C27H26.2C2H6/c1-6-19(5)23(7-2)20-14-16-21(17-15-20)27-18-22-12-10-11-13-26(22)24(8-3)25(27)9-4;2*1-2/h7-18H,3-6H2,1-2H3;2*1-2H3/b23-7+;;. The summed E-state index contributed by atoms with van der Waals surface area (Å²) in [5.74, 6) is 0. The summed E-state index contributed by atoms with van der Waals surface area (Å²) in [6.07, 6.45) is 6.96. The average Bonchev–Trinajstić information content (AvgIpc) is 2.85. The molecule has 0 fully saturated rings. The third kappa shape index (κ3) is 5.73. The first-order valence-electron chi connectivity index (χ1n) is 11.4. The fourth-order valence-electron chi connectivity index (χ4n) is 3.66. The van der Waals surface area contributed by atoms with Crippen LogP contribution in [-0.4, -0.2) is 0 Å². The second kappa shape index (κ2) is 13.2. The molecule has 162 valence electrons. The maximum Gasteiger partial charge on any atom is -0.00992 e. The van der Waals surface area contributed by atoms with E-state index >= 15 is 0 Å². The van der Waals surface area contributed by atoms with Gasteiger partial charge in [0.25, 0.3) is 0 Å². The second-order valence-electron chi connectivity index (χ2n) is 6.62. The van der Waals surface area contributed by atoms with Crippen LogP contribution >= 0.6 is 0 Å². The maximum atomic E-state index is 4.19. The first-order chi connectivity index (χ1) is 15.1.